The van der Waals surface area contributed by atoms with Crippen LogP contribution in [0.25, 0.3) is 11.4 Å². The molecule has 0 aliphatic carbocycles. The van der Waals surface area contributed by atoms with E-state index in [1.807, 2.05) is 38.1 Å². The van der Waals surface area contributed by atoms with Crippen LogP contribution in [0.4, 0.5) is 0 Å². The third-order valence-corrected chi connectivity index (χ3v) is 3.29. The van der Waals surface area contributed by atoms with Crippen molar-refractivity contribution in [2.75, 3.05) is 6.61 Å². The maximum absolute atomic E-state index is 6.17. The molecule has 0 spiro atoms. The molecular formula is C15H17ClN2O. The van der Waals surface area contributed by atoms with Crippen molar-refractivity contribution in [3.8, 4) is 17.1 Å². The molecule has 0 aliphatic heterocycles. The van der Waals surface area contributed by atoms with Crippen LogP contribution in [0.5, 0.6) is 5.75 Å². The average molecular weight is 277 g/mol. The molecule has 0 saturated heterocycles. The van der Waals surface area contributed by atoms with Gasteiger partial charge in [-0.05, 0) is 32.4 Å². The van der Waals surface area contributed by atoms with E-state index >= 15 is 0 Å². The summed E-state index contributed by atoms with van der Waals surface area (Å²) in [6.45, 7) is 6.61. The van der Waals surface area contributed by atoms with Gasteiger partial charge in [0.2, 0.25) is 0 Å². The van der Waals surface area contributed by atoms with Crippen LogP contribution in [0.3, 0.4) is 0 Å². The van der Waals surface area contributed by atoms with Crippen molar-refractivity contribution in [2.45, 2.75) is 27.2 Å². The van der Waals surface area contributed by atoms with Gasteiger partial charge in [0.25, 0.3) is 0 Å². The summed E-state index contributed by atoms with van der Waals surface area (Å²) in [7, 11) is 0. The number of aryl methyl sites for hydroxylation is 1. The standard InChI is InChI=1S/C15H17ClN2O/c1-4-13-10(3)14(16)18-15(17-13)11-7-6-8-12(9-11)19-5-2/h6-9H,4-5H2,1-3H3. The molecule has 1 heterocycles. The number of hydrogen-bond donors (Lipinski definition) is 0. The smallest absolute Gasteiger partial charge is 0.161 e. The predicted octanol–water partition coefficient (Wildman–Crippen LogP) is 4.07. The molecule has 0 bridgehead atoms. The Kier molecular flexibility index (Phi) is 4.38. The molecule has 1 aromatic carbocycles. The van der Waals surface area contributed by atoms with Crippen LogP contribution in [0.1, 0.15) is 25.1 Å². The quantitative estimate of drug-likeness (QED) is 0.790. The van der Waals surface area contributed by atoms with Gasteiger partial charge in [0.1, 0.15) is 10.9 Å². The van der Waals surface area contributed by atoms with E-state index in [1.54, 1.807) is 0 Å². The van der Waals surface area contributed by atoms with Gasteiger partial charge in [0, 0.05) is 16.8 Å². The van der Waals surface area contributed by atoms with E-state index in [0.29, 0.717) is 17.6 Å². The van der Waals surface area contributed by atoms with Crippen LogP contribution in [-0.2, 0) is 6.42 Å². The highest BCUT2D eigenvalue weighted by molar-refractivity contribution is 6.30. The van der Waals surface area contributed by atoms with Gasteiger partial charge in [-0.2, -0.15) is 0 Å². The molecule has 4 heteroatoms. The summed E-state index contributed by atoms with van der Waals surface area (Å²) in [5.74, 6) is 1.47. The highest BCUT2D eigenvalue weighted by atomic mass is 35.5. The number of halogens is 1. The first kappa shape index (κ1) is 13.8. The lowest BCUT2D eigenvalue weighted by molar-refractivity contribution is 0.340. The van der Waals surface area contributed by atoms with Crippen LogP contribution >= 0.6 is 11.6 Å². The van der Waals surface area contributed by atoms with E-state index in [9.17, 15) is 0 Å². The molecule has 0 atom stereocenters. The predicted molar refractivity (Wildman–Crippen MR) is 77.8 cm³/mol. The van der Waals surface area contributed by atoms with Crippen LogP contribution in [0.2, 0.25) is 5.15 Å². The second kappa shape index (κ2) is 6.02. The van der Waals surface area contributed by atoms with E-state index in [0.717, 1.165) is 29.0 Å². The zero-order chi connectivity index (χ0) is 13.8. The fraction of sp³-hybridized carbons (Fsp3) is 0.333. The minimum Gasteiger partial charge on any atom is -0.494 e. The Balaban J connectivity index is 2.46. The van der Waals surface area contributed by atoms with Gasteiger partial charge in [-0.25, -0.2) is 9.97 Å². The molecule has 1 aromatic heterocycles. The van der Waals surface area contributed by atoms with Crippen molar-refractivity contribution >= 4 is 11.6 Å². The van der Waals surface area contributed by atoms with E-state index in [2.05, 4.69) is 16.9 Å². The third kappa shape index (κ3) is 3.04. The van der Waals surface area contributed by atoms with Crippen LogP contribution in [0.15, 0.2) is 24.3 Å². The van der Waals surface area contributed by atoms with Crippen molar-refractivity contribution < 1.29 is 4.74 Å². The normalized spacial score (nSPS) is 10.5. The SMILES string of the molecule is CCOc1cccc(-c2nc(Cl)c(C)c(CC)n2)c1. The summed E-state index contributed by atoms with van der Waals surface area (Å²) >= 11 is 6.17. The molecule has 2 aromatic rings. The molecule has 0 unspecified atom stereocenters. The van der Waals surface area contributed by atoms with Gasteiger partial charge in [-0.15, -0.1) is 0 Å². The molecule has 0 amide bonds. The monoisotopic (exact) mass is 276 g/mol. The number of hydrogen-bond acceptors (Lipinski definition) is 3. The number of ether oxygens (including phenoxy) is 1. The Morgan fingerprint density at radius 3 is 2.68 bits per heavy atom. The molecule has 19 heavy (non-hydrogen) atoms. The number of rotatable bonds is 4. The maximum atomic E-state index is 6.17. The Labute approximate surface area is 118 Å². The number of nitrogens with zero attached hydrogens (tertiary/aromatic N) is 2. The molecule has 3 nitrogen and oxygen atoms in total. The second-order valence-electron chi connectivity index (χ2n) is 4.22. The molecular weight excluding hydrogens is 260 g/mol. The van der Waals surface area contributed by atoms with E-state index < -0.39 is 0 Å². The van der Waals surface area contributed by atoms with Gasteiger partial charge in [-0.3, -0.25) is 0 Å². The van der Waals surface area contributed by atoms with Gasteiger partial charge < -0.3 is 4.74 Å². The molecule has 2 rings (SSSR count). The topological polar surface area (TPSA) is 35.0 Å². The summed E-state index contributed by atoms with van der Waals surface area (Å²) in [4.78, 5) is 8.92. The van der Waals surface area contributed by atoms with E-state index in [1.165, 1.54) is 0 Å². The summed E-state index contributed by atoms with van der Waals surface area (Å²) in [6.07, 6.45) is 0.840. The lowest BCUT2D eigenvalue weighted by Crippen LogP contribution is -2.00. The summed E-state index contributed by atoms with van der Waals surface area (Å²) in [5, 5.41) is 0.517. The first-order valence-electron chi connectivity index (χ1n) is 6.42. The highest BCUT2D eigenvalue weighted by Crippen LogP contribution is 2.25. The first-order chi connectivity index (χ1) is 9.15. The maximum Gasteiger partial charge on any atom is 0.161 e. The van der Waals surface area contributed by atoms with Crippen LogP contribution < -0.4 is 4.74 Å². The van der Waals surface area contributed by atoms with Crippen LogP contribution in [-0.4, -0.2) is 16.6 Å². The molecule has 0 fully saturated rings. The lowest BCUT2D eigenvalue weighted by atomic mass is 10.1. The molecule has 0 radical (unpaired) electrons. The van der Waals surface area contributed by atoms with Gasteiger partial charge >= 0.3 is 0 Å². The van der Waals surface area contributed by atoms with Crippen molar-refractivity contribution in [3.05, 3.63) is 40.7 Å². The molecule has 0 N–H and O–H groups in total. The summed E-state index contributed by atoms with van der Waals surface area (Å²) in [6, 6.07) is 7.75. The molecule has 0 aliphatic rings. The first-order valence-corrected chi connectivity index (χ1v) is 6.79. The third-order valence-electron chi connectivity index (χ3n) is 2.93. The Hall–Kier alpha value is -1.61. The fourth-order valence-electron chi connectivity index (χ4n) is 1.90. The Bertz CT molecular complexity index is 584. The van der Waals surface area contributed by atoms with Crippen molar-refractivity contribution in [1.82, 2.24) is 9.97 Å². The van der Waals surface area contributed by atoms with Gasteiger partial charge in [0.05, 0.1) is 6.61 Å². The van der Waals surface area contributed by atoms with Crippen LogP contribution in [0, 0.1) is 6.92 Å². The Morgan fingerprint density at radius 2 is 2.00 bits per heavy atom. The van der Waals surface area contributed by atoms with Crippen molar-refractivity contribution in [1.29, 1.82) is 0 Å². The zero-order valence-electron chi connectivity index (χ0n) is 11.4. The largest absolute Gasteiger partial charge is 0.494 e. The van der Waals surface area contributed by atoms with E-state index in [-0.39, 0.29) is 0 Å². The zero-order valence-corrected chi connectivity index (χ0v) is 12.2. The Morgan fingerprint density at radius 1 is 1.21 bits per heavy atom. The van der Waals surface area contributed by atoms with Crippen molar-refractivity contribution in [2.24, 2.45) is 0 Å². The fourth-order valence-corrected chi connectivity index (χ4v) is 2.09. The lowest BCUT2D eigenvalue weighted by Gasteiger charge is -2.09. The van der Waals surface area contributed by atoms with Gasteiger partial charge in [0.15, 0.2) is 5.82 Å². The molecule has 100 valence electrons. The van der Waals surface area contributed by atoms with E-state index in [4.69, 9.17) is 16.3 Å². The van der Waals surface area contributed by atoms with Gasteiger partial charge in [-0.1, -0.05) is 30.7 Å². The second-order valence-corrected chi connectivity index (χ2v) is 4.58. The summed E-state index contributed by atoms with van der Waals surface area (Å²) < 4.78 is 5.49. The minimum atomic E-state index is 0.517. The number of aromatic nitrogens is 2. The van der Waals surface area contributed by atoms with Crippen molar-refractivity contribution in [3.63, 3.8) is 0 Å². The number of benzene rings is 1. The highest BCUT2D eigenvalue weighted by Gasteiger charge is 2.10. The minimum absolute atomic E-state index is 0.517. The summed E-state index contributed by atoms with van der Waals surface area (Å²) in [5.41, 5.74) is 2.85. The molecule has 0 saturated carbocycles. The average Bonchev–Trinajstić information content (AvgIpc) is 2.42.